The zero-order valence-electron chi connectivity index (χ0n) is 40.7. The van der Waals surface area contributed by atoms with Crippen LogP contribution in [0.4, 0.5) is 33.0 Å². The van der Waals surface area contributed by atoms with Crippen LogP contribution in [0.1, 0.15) is 69.7 Å². The summed E-state index contributed by atoms with van der Waals surface area (Å²) in [4.78, 5) is 48.3. The number of benzene rings is 4. The maximum Gasteiger partial charge on any atom is 0.255 e. The summed E-state index contributed by atoms with van der Waals surface area (Å²) >= 11 is 3.07. The molecule has 0 aliphatic carbocycles. The van der Waals surface area contributed by atoms with Gasteiger partial charge in [0.25, 0.3) is 11.8 Å². The first-order valence-electron chi connectivity index (χ1n) is 24.0. The molecule has 8 aromatic rings. The number of morpholine rings is 1. The lowest BCUT2D eigenvalue weighted by molar-refractivity contribution is 0.0342. The molecule has 13 nitrogen and oxygen atoms in total. The van der Waals surface area contributed by atoms with Crippen molar-refractivity contribution in [2.45, 2.75) is 53.6 Å². The van der Waals surface area contributed by atoms with Crippen LogP contribution in [0, 0.1) is 13.8 Å². The van der Waals surface area contributed by atoms with Crippen molar-refractivity contribution in [2.75, 3.05) is 60.7 Å². The quantitative estimate of drug-likeness (QED) is 0.0651. The minimum Gasteiger partial charge on any atom is -0.379 e. The Bertz CT molecular complexity index is 2950. The summed E-state index contributed by atoms with van der Waals surface area (Å²) in [5, 5.41) is 18.4. The highest BCUT2D eigenvalue weighted by Crippen LogP contribution is 2.31. The Kier molecular flexibility index (Phi) is 17.8. The van der Waals surface area contributed by atoms with E-state index in [1.165, 1.54) is 33.8 Å². The summed E-state index contributed by atoms with van der Waals surface area (Å²) in [6.07, 6.45) is 9.39. The summed E-state index contributed by atoms with van der Waals surface area (Å²) < 4.78 is 5.41. The minimum absolute atomic E-state index is 0.122. The lowest BCUT2D eigenvalue weighted by Gasteiger charge is -2.26. The molecule has 9 rings (SSSR count). The van der Waals surface area contributed by atoms with Gasteiger partial charge in [0.1, 0.15) is 0 Å². The number of ether oxygens (including phenoxy) is 1. The number of aromatic nitrogens is 4. The molecule has 364 valence electrons. The number of nitrogens with one attached hydrogen (secondary N) is 4. The van der Waals surface area contributed by atoms with E-state index in [0.29, 0.717) is 11.1 Å². The molecule has 2 amide bonds. The second-order valence-corrected chi connectivity index (χ2v) is 19.1. The molecule has 0 atom stereocenters. The van der Waals surface area contributed by atoms with E-state index in [1.54, 1.807) is 24.8 Å². The standard InChI is InChI=1S/C29H33N5OS.C27H27N5O2S/c1-4-15-34(16-5-2)19-22-9-11-23(12-10-22)28(35)31-25-13-8-21(3)26(17-25)32-29-33-27(20-36-29)24-7-6-14-30-18-24;1-19-4-9-23(15-24(19)30-27-31-25(18-35-27)22-3-2-10-28-16-22)29-26(33)21-7-5-20(6-8-21)17-32-11-13-34-14-12-32/h6-14,17-18,20H,4-5,15-16,19H2,1-3H3,(H,31,35)(H,32,33);2-10,15-16,18H,11-14,17H2,1H3,(H,29,33)(H,30,31). The van der Waals surface area contributed by atoms with Crippen molar-refractivity contribution in [3.63, 3.8) is 0 Å². The monoisotopic (exact) mass is 984 g/mol. The molecular weight excluding hydrogens is 925 g/mol. The van der Waals surface area contributed by atoms with E-state index < -0.39 is 0 Å². The maximum atomic E-state index is 12.9. The Morgan fingerprint density at radius 2 is 1.11 bits per heavy atom. The van der Waals surface area contributed by atoms with Crippen LogP contribution in [0.3, 0.4) is 0 Å². The van der Waals surface area contributed by atoms with Crippen molar-refractivity contribution in [1.29, 1.82) is 0 Å². The van der Waals surface area contributed by atoms with Crippen LogP contribution in [0.2, 0.25) is 0 Å². The van der Waals surface area contributed by atoms with Gasteiger partial charge in [-0.25, -0.2) is 9.97 Å². The fraction of sp³-hybridized carbons (Fsp3) is 0.250. The Balaban J connectivity index is 0.000000190. The third-order valence-electron chi connectivity index (χ3n) is 11.8. The summed E-state index contributed by atoms with van der Waals surface area (Å²) in [5.41, 5.74) is 12.8. The Labute approximate surface area is 424 Å². The van der Waals surface area contributed by atoms with E-state index >= 15 is 0 Å². The molecule has 1 saturated heterocycles. The van der Waals surface area contributed by atoms with Gasteiger partial charge >= 0.3 is 0 Å². The molecular formula is C56H60N10O3S2. The maximum absolute atomic E-state index is 12.9. The van der Waals surface area contributed by atoms with Gasteiger partial charge in [-0.2, -0.15) is 0 Å². The van der Waals surface area contributed by atoms with Gasteiger partial charge in [0.15, 0.2) is 10.3 Å². The van der Waals surface area contributed by atoms with E-state index in [1.807, 2.05) is 122 Å². The van der Waals surface area contributed by atoms with Gasteiger partial charge in [-0.3, -0.25) is 29.4 Å². The van der Waals surface area contributed by atoms with Gasteiger partial charge in [-0.1, -0.05) is 50.2 Å². The lowest BCUT2D eigenvalue weighted by Crippen LogP contribution is -2.35. The Hall–Kier alpha value is -7.14. The van der Waals surface area contributed by atoms with Crippen molar-refractivity contribution >= 4 is 67.5 Å². The smallest absolute Gasteiger partial charge is 0.255 e. The first-order valence-corrected chi connectivity index (χ1v) is 25.8. The SMILES string of the molecule is CCCN(CCC)Cc1ccc(C(=O)Nc2ccc(C)c(Nc3nc(-c4cccnc4)cs3)c2)cc1.Cc1ccc(NC(=O)c2ccc(CN3CCOCC3)cc2)cc1Nc1nc(-c2cccnc2)cs1. The molecule has 1 aliphatic rings. The fourth-order valence-electron chi connectivity index (χ4n) is 7.96. The average Bonchev–Trinajstić information content (AvgIpc) is 4.08. The summed E-state index contributed by atoms with van der Waals surface area (Å²) in [6.45, 7) is 15.9. The van der Waals surface area contributed by atoms with E-state index in [9.17, 15) is 9.59 Å². The summed E-state index contributed by atoms with van der Waals surface area (Å²) in [7, 11) is 0. The summed E-state index contributed by atoms with van der Waals surface area (Å²) in [6, 6.07) is 35.2. The van der Waals surface area contributed by atoms with Gasteiger partial charge in [0, 0.05) is 107 Å². The molecule has 0 spiro atoms. The number of nitrogens with zero attached hydrogens (tertiary/aromatic N) is 6. The number of anilines is 6. The van der Waals surface area contributed by atoms with Crippen molar-refractivity contribution in [2.24, 2.45) is 0 Å². The van der Waals surface area contributed by atoms with Crippen molar-refractivity contribution in [1.82, 2.24) is 29.7 Å². The lowest BCUT2D eigenvalue weighted by atomic mass is 10.1. The molecule has 1 aliphatic heterocycles. The number of amides is 2. The summed E-state index contributed by atoms with van der Waals surface area (Å²) in [5.74, 6) is -0.255. The van der Waals surface area contributed by atoms with Crippen molar-refractivity contribution in [3.05, 3.63) is 178 Å². The molecule has 5 heterocycles. The van der Waals surface area contributed by atoms with E-state index in [2.05, 4.69) is 77.0 Å². The van der Waals surface area contributed by atoms with Crippen LogP contribution in [-0.4, -0.2) is 80.9 Å². The molecule has 0 radical (unpaired) electrons. The van der Waals surface area contributed by atoms with E-state index in [-0.39, 0.29) is 11.8 Å². The predicted molar refractivity (Wildman–Crippen MR) is 290 cm³/mol. The molecule has 71 heavy (non-hydrogen) atoms. The van der Waals surface area contributed by atoms with Gasteiger partial charge in [0.2, 0.25) is 0 Å². The number of thiazole rings is 2. The van der Waals surface area contributed by atoms with Gasteiger partial charge in [-0.05, 0) is 135 Å². The van der Waals surface area contributed by atoms with Crippen LogP contribution in [0.5, 0.6) is 0 Å². The molecule has 0 saturated carbocycles. The highest BCUT2D eigenvalue weighted by Gasteiger charge is 2.15. The Morgan fingerprint density at radius 1 is 0.634 bits per heavy atom. The first kappa shape index (κ1) is 50.3. The largest absolute Gasteiger partial charge is 0.379 e. The number of carbonyl (C=O) groups excluding carboxylic acids is 2. The van der Waals surface area contributed by atoms with Crippen LogP contribution >= 0.6 is 22.7 Å². The minimum atomic E-state index is -0.133. The third-order valence-corrected chi connectivity index (χ3v) is 13.3. The number of pyridine rings is 2. The van der Waals surface area contributed by atoms with Gasteiger partial charge in [0.05, 0.1) is 24.6 Å². The molecule has 0 unspecified atom stereocenters. The second-order valence-electron chi connectivity index (χ2n) is 17.3. The number of hydrogen-bond donors (Lipinski definition) is 4. The molecule has 0 bridgehead atoms. The number of aryl methyl sites for hydroxylation is 2. The van der Waals surface area contributed by atoms with Gasteiger partial charge < -0.3 is 26.0 Å². The van der Waals surface area contributed by atoms with Crippen LogP contribution < -0.4 is 21.3 Å². The topological polar surface area (TPSA) is 150 Å². The van der Waals surface area contributed by atoms with Crippen molar-refractivity contribution < 1.29 is 14.3 Å². The van der Waals surface area contributed by atoms with E-state index in [4.69, 9.17) is 4.74 Å². The molecule has 4 N–H and O–H groups in total. The number of carbonyl (C=O) groups is 2. The average molecular weight is 985 g/mol. The molecule has 4 aromatic heterocycles. The highest BCUT2D eigenvalue weighted by atomic mass is 32.1. The normalized spacial score (nSPS) is 12.5. The van der Waals surface area contributed by atoms with E-state index in [0.717, 1.165) is 132 Å². The second kappa shape index (κ2) is 25.1. The number of rotatable bonds is 18. The van der Waals surface area contributed by atoms with Crippen LogP contribution in [0.25, 0.3) is 22.5 Å². The fourth-order valence-corrected chi connectivity index (χ4v) is 9.43. The molecule has 4 aromatic carbocycles. The predicted octanol–water partition coefficient (Wildman–Crippen LogP) is 12.5. The first-order chi connectivity index (χ1) is 34.7. The molecule has 15 heteroatoms. The van der Waals surface area contributed by atoms with Crippen LogP contribution in [-0.2, 0) is 17.8 Å². The zero-order chi connectivity index (χ0) is 49.4. The third kappa shape index (κ3) is 14.5. The zero-order valence-corrected chi connectivity index (χ0v) is 42.3. The molecule has 1 fully saturated rings. The Morgan fingerprint density at radius 3 is 1.56 bits per heavy atom. The highest BCUT2D eigenvalue weighted by molar-refractivity contribution is 7.14. The van der Waals surface area contributed by atoms with Gasteiger partial charge in [-0.15, -0.1) is 22.7 Å². The number of hydrogen-bond acceptors (Lipinski definition) is 13. The van der Waals surface area contributed by atoms with Crippen molar-refractivity contribution in [3.8, 4) is 22.5 Å². The van der Waals surface area contributed by atoms with Crippen LogP contribution in [0.15, 0.2) is 145 Å².